The number of carbonyl (C=O) groups is 1. The number of hydrogen-bond donors (Lipinski definition) is 0. The SMILES string of the molecule is CCCC1=C(C(=O)OCC)[C@@H](c2ccc(C(C)C)cc2)n2c(s/c(=C\c3ccc(Br)o3)c2=O)=N1. The Kier molecular flexibility index (Phi) is 7.38. The number of esters is 1. The molecular weight excluding hydrogens is 516 g/mol. The van der Waals surface area contributed by atoms with Crippen molar-refractivity contribution in [2.75, 3.05) is 6.61 Å². The van der Waals surface area contributed by atoms with Crippen LogP contribution in [0.3, 0.4) is 0 Å². The van der Waals surface area contributed by atoms with Gasteiger partial charge in [-0.05, 0) is 58.5 Å². The fraction of sp³-hybridized carbons (Fsp3) is 0.346. The number of allylic oxidation sites excluding steroid dienone is 1. The highest BCUT2D eigenvalue weighted by Crippen LogP contribution is 2.33. The van der Waals surface area contributed by atoms with Gasteiger partial charge in [-0.2, -0.15) is 0 Å². The molecule has 3 aromatic rings. The second-order valence-electron chi connectivity index (χ2n) is 8.38. The van der Waals surface area contributed by atoms with Crippen molar-refractivity contribution in [3.8, 4) is 0 Å². The summed E-state index contributed by atoms with van der Waals surface area (Å²) < 4.78 is 13.7. The Balaban J connectivity index is 1.97. The maximum Gasteiger partial charge on any atom is 0.338 e. The first kappa shape index (κ1) is 24.4. The molecule has 0 saturated carbocycles. The van der Waals surface area contributed by atoms with Gasteiger partial charge in [0.2, 0.25) is 0 Å². The van der Waals surface area contributed by atoms with Crippen LogP contribution in [0.25, 0.3) is 6.08 Å². The quantitative estimate of drug-likeness (QED) is 0.391. The molecule has 0 spiro atoms. The fourth-order valence-electron chi connectivity index (χ4n) is 4.03. The summed E-state index contributed by atoms with van der Waals surface area (Å²) in [5.41, 5.74) is 2.93. The van der Waals surface area contributed by atoms with Crippen molar-refractivity contribution in [2.24, 2.45) is 4.99 Å². The van der Waals surface area contributed by atoms with Gasteiger partial charge in [0.15, 0.2) is 9.47 Å². The van der Waals surface area contributed by atoms with Gasteiger partial charge in [-0.25, -0.2) is 9.79 Å². The van der Waals surface area contributed by atoms with Crippen LogP contribution in [0.5, 0.6) is 0 Å². The molecule has 0 radical (unpaired) electrons. The standard InChI is InChI=1S/C26H27BrN2O4S/c1-5-7-19-22(25(31)32-6-2)23(17-10-8-16(9-11-17)15(3)4)29-24(30)20(34-26(29)28-19)14-18-12-13-21(27)33-18/h8-15,23H,5-7H2,1-4H3/b20-14-/t23-/m1/s1. The van der Waals surface area contributed by atoms with E-state index < -0.39 is 12.0 Å². The summed E-state index contributed by atoms with van der Waals surface area (Å²) in [5.74, 6) is 0.504. The summed E-state index contributed by atoms with van der Waals surface area (Å²) in [5, 5.41) is 0. The third-order valence-corrected chi connectivity index (χ3v) is 7.09. The van der Waals surface area contributed by atoms with Gasteiger partial charge in [-0.1, -0.05) is 62.8 Å². The monoisotopic (exact) mass is 542 g/mol. The number of hydrogen-bond acceptors (Lipinski definition) is 6. The molecule has 2 aromatic heterocycles. The minimum Gasteiger partial charge on any atom is -0.463 e. The van der Waals surface area contributed by atoms with Gasteiger partial charge >= 0.3 is 5.97 Å². The number of halogens is 1. The molecule has 1 atom stereocenters. The summed E-state index contributed by atoms with van der Waals surface area (Å²) in [6.45, 7) is 8.34. The first-order chi connectivity index (χ1) is 16.3. The van der Waals surface area contributed by atoms with Gasteiger partial charge in [0.1, 0.15) is 5.76 Å². The lowest BCUT2D eigenvalue weighted by atomic mass is 9.92. The average molecular weight is 543 g/mol. The molecule has 34 heavy (non-hydrogen) atoms. The molecule has 6 nitrogen and oxygen atoms in total. The fourth-order valence-corrected chi connectivity index (χ4v) is 5.35. The third kappa shape index (κ3) is 4.74. The zero-order chi connectivity index (χ0) is 24.4. The molecular formula is C26H27BrN2O4S. The molecule has 0 fully saturated rings. The Labute approximate surface area is 210 Å². The van der Waals surface area contributed by atoms with Crippen LogP contribution in [0.4, 0.5) is 0 Å². The summed E-state index contributed by atoms with van der Waals surface area (Å²) in [6.07, 6.45) is 3.14. The Morgan fingerprint density at radius 2 is 1.97 bits per heavy atom. The van der Waals surface area contributed by atoms with Crippen LogP contribution in [0, 0.1) is 0 Å². The summed E-state index contributed by atoms with van der Waals surface area (Å²) in [6, 6.07) is 11.1. The molecule has 8 heteroatoms. The van der Waals surface area contributed by atoms with E-state index in [0.29, 0.717) is 43.4 Å². The lowest BCUT2D eigenvalue weighted by molar-refractivity contribution is -0.139. The van der Waals surface area contributed by atoms with Crippen LogP contribution >= 0.6 is 27.3 Å². The maximum absolute atomic E-state index is 13.6. The van der Waals surface area contributed by atoms with Gasteiger partial charge < -0.3 is 9.15 Å². The number of carbonyl (C=O) groups excluding carboxylic acids is 1. The van der Waals surface area contributed by atoms with Gasteiger partial charge in [0.05, 0.1) is 28.5 Å². The van der Waals surface area contributed by atoms with E-state index in [2.05, 4.69) is 41.9 Å². The van der Waals surface area contributed by atoms with Crippen molar-refractivity contribution in [2.45, 2.75) is 52.5 Å². The lowest BCUT2D eigenvalue weighted by Crippen LogP contribution is -2.40. The minimum atomic E-state index is -0.608. The molecule has 0 N–H and O–H groups in total. The summed E-state index contributed by atoms with van der Waals surface area (Å²) in [7, 11) is 0. The molecule has 0 unspecified atom stereocenters. The number of aromatic nitrogens is 1. The first-order valence-corrected chi connectivity index (χ1v) is 13.0. The number of benzene rings is 1. The normalized spacial score (nSPS) is 16.1. The van der Waals surface area contributed by atoms with E-state index in [0.717, 1.165) is 12.0 Å². The number of fused-ring (bicyclic) bond motifs is 1. The smallest absolute Gasteiger partial charge is 0.338 e. The Bertz CT molecular complexity index is 1410. The highest BCUT2D eigenvalue weighted by Gasteiger charge is 2.34. The van der Waals surface area contributed by atoms with E-state index in [-0.39, 0.29) is 12.2 Å². The zero-order valence-electron chi connectivity index (χ0n) is 19.6. The molecule has 178 valence electrons. The highest BCUT2D eigenvalue weighted by molar-refractivity contribution is 9.10. The zero-order valence-corrected chi connectivity index (χ0v) is 22.0. The van der Waals surface area contributed by atoms with E-state index in [1.165, 1.54) is 16.9 Å². The molecule has 1 aromatic carbocycles. The number of rotatable bonds is 7. The van der Waals surface area contributed by atoms with Crippen LogP contribution in [-0.2, 0) is 9.53 Å². The lowest BCUT2D eigenvalue weighted by Gasteiger charge is -2.26. The molecule has 1 aliphatic heterocycles. The van der Waals surface area contributed by atoms with E-state index in [1.807, 2.05) is 19.1 Å². The van der Waals surface area contributed by atoms with Crippen molar-refractivity contribution in [1.29, 1.82) is 0 Å². The predicted molar refractivity (Wildman–Crippen MR) is 137 cm³/mol. The molecule has 0 amide bonds. The van der Waals surface area contributed by atoms with Gasteiger partial charge in [0, 0.05) is 6.08 Å². The highest BCUT2D eigenvalue weighted by atomic mass is 79.9. The molecule has 3 heterocycles. The van der Waals surface area contributed by atoms with Crippen molar-refractivity contribution in [3.63, 3.8) is 0 Å². The first-order valence-electron chi connectivity index (χ1n) is 11.4. The largest absolute Gasteiger partial charge is 0.463 e. The predicted octanol–water partition coefficient (Wildman–Crippen LogP) is 5.06. The Hall–Kier alpha value is -2.71. The Morgan fingerprint density at radius 1 is 1.24 bits per heavy atom. The summed E-state index contributed by atoms with van der Waals surface area (Å²) >= 11 is 4.59. The van der Waals surface area contributed by atoms with Gasteiger partial charge in [0.25, 0.3) is 5.56 Å². The van der Waals surface area contributed by atoms with Crippen LogP contribution in [-0.4, -0.2) is 17.1 Å². The van der Waals surface area contributed by atoms with Crippen LogP contribution in [0.1, 0.15) is 69.4 Å². The maximum atomic E-state index is 13.6. The number of nitrogens with zero attached hydrogens (tertiary/aromatic N) is 2. The van der Waals surface area contributed by atoms with Crippen molar-refractivity contribution in [3.05, 3.63) is 88.9 Å². The van der Waals surface area contributed by atoms with E-state index >= 15 is 0 Å². The van der Waals surface area contributed by atoms with Crippen molar-refractivity contribution >= 4 is 39.3 Å². The molecule has 4 rings (SSSR count). The third-order valence-electron chi connectivity index (χ3n) is 5.68. The molecule has 0 saturated heterocycles. The molecule has 0 aliphatic carbocycles. The minimum absolute atomic E-state index is 0.216. The second-order valence-corrected chi connectivity index (χ2v) is 10.2. The topological polar surface area (TPSA) is 73.8 Å². The summed E-state index contributed by atoms with van der Waals surface area (Å²) in [4.78, 5) is 32.1. The second kappa shape index (κ2) is 10.3. The van der Waals surface area contributed by atoms with Crippen LogP contribution < -0.4 is 14.9 Å². The molecule has 1 aliphatic rings. The van der Waals surface area contributed by atoms with Crippen LogP contribution in [0.2, 0.25) is 0 Å². The Morgan fingerprint density at radius 3 is 2.56 bits per heavy atom. The van der Waals surface area contributed by atoms with E-state index in [4.69, 9.17) is 14.1 Å². The van der Waals surface area contributed by atoms with E-state index in [1.54, 1.807) is 29.7 Å². The van der Waals surface area contributed by atoms with Crippen LogP contribution in [0.15, 0.2) is 66.5 Å². The number of thiazole rings is 1. The van der Waals surface area contributed by atoms with Crippen molar-refractivity contribution < 1.29 is 13.9 Å². The van der Waals surface area contributed by atoms with Gasteiger partial charge in [-0.15, -0.1) is 0 Å². The number of ether oxygens (including phenoxy) is 1. The molecule has 0 bridgehead atoms. The van der Waals surface area contributed by atoms with E-state index in [9.17, 15) is 9.59 Å². The van der Waals surface area contributed by atoms with Crippen molar-refractivity contribution in [1.82, 2.24) is 4.57 Å². The van der Waals surface area contributed by atoms with Gasteiger partial charge in [-0.3, -0.25) is 9.36 Å². The number of furan rings is 1. The average Bonchev–Trinajstić information content (AvgIpc) is 3.35.